The van der Waals surface area contributed by atoms with Gasteiger partial charge < -0.3 is 9.84 Å². The van der Waals surface area contributed by atoms with Crippen molar-refractivity contribution >= 4 is 5.97 Å². The highest BCUT2D eigenvalue weighted by Gasteiger charge is 2.44. The first-order valence-electron chi connectivity index (χ1n) is 5.46. The molecule has 4 rings (SSSR count). The minimum atomic E-state index is 0.102. The van der Waals surface area contributed by atoms with Crippen molar-refractivity contribution in [2.24, 2.45) is 17.8 Å². The Bertz CT molecular complexity index is 213. The highest BCUT2D eigenvalue weighted by atomic mass is 16.5. The average Bonchev–Trinajstić information content (AvgIpc) is 2.34. The van der Waals surface area contributed by atoms with Gasteiger partial charge in [-0.15, -0.1) is 0 Å². The number of aliphatic hydroxyl groups is 1. The van der Waals surface area contributed by atoms with Gasteiger partial charge in [-0.1, -0.05) is 0 Å². The fraction of sp³-hybridized carbons (Fsp3) is 0.909. The van der Waals surface area contributed by atoms with Crippen molar-refractivity contribution in [2.75, 3.05) is 7.11 Å². The number of esters is 1. The van der Waals surface area contributed by atoms with Crippen LogP contribution < -0.4 is 0 Å². The number of hydrogen-bond acceptors (Lipinski definition) is 3. The predicted molar refractivity (Wildman–Crippen MR) is 51.6 cm³/mol. The number of rotatable bonds is 0. The van der Waals surface area contributed by atoms with E-state index < -0.39 is 0 Å². The second-order valence-corrected chi connectivity index (χ2v) is 4.67. The number of ether oxygens (including phenoxy) is 1. The SMILES string of the molecule is CO.O=C1OC2CC3CC(C2)CC1C3. The molecule has 0 radical (unpaired) electrons. The summed E-state index contributed by atoms with van der Waals surface area (Å²) in [4.78, 5) is 11.4. The van der Waals surface area contributed by atoms with E-state index in [4.69, 9.17) is 9.84 Å². The lowest BCUT2D eigenvalue weighted by molar-refractivity contribution is -0.151. The summed E-state index contributed by atoms with van der Waals surface area (Å²) >= 11 is 0. The Kier molecular flexibility index (Phi) is 2.77. The molecule has 0 spiro atoms. The van der Waals surface area contributed by atoms with Crippen molar-refractivity contribution in [1.82, 2.24) is 0 Å². The standard InChI is InChI=1S/C10H14O2.CH4O/c11-10-8-2-6-1-7(3-8)5-9(4-6)12-10;1-2/h6-9H,1-5H2;2H,1H3. The molecule has 4 fully saturated rings. The quantitative estimate of drug-likeness (QED) is 0.598. The second kappa shape index (κ2) is 3.89. The van der Waals surface area contributed by atoms with Gasteiger partial charge in [0.25, 0.3) is 0 Å². The molecule has 2 aliphatic carbocycles. The van der Waals surface area contributed by atoms with E-state index in [2.05, 4.69) is 0 Å². The van der Waals surface area contributed by atoms with Crippen LogP contribution in [0.1, 0.15) is 32.1 Å². The minimum absolute atomic E-state index is 0.102. The summed E-state index contributed by atoms with van der Waals surface area (Å²) in [5.74, 6) is 1.98. The fourth-order valence-corrected chi connectivity index (χ4v) is 3.34. The molecule has 0 aromatic heterocycles. The molecule has 0 aromatic rings. The van der Waals surface area contributed by atoms with Gasteiger partial charge in [0.15, 0.2) is 0 Å². The third-order valence-corrected chi connectivity index (χ3v) is 3.71. The van der Waals surface area contributed by atoms with E-state index >= 15 is 0 Å². The van der Waals surface area contributed by atoms with Gasteiger partial charge in [0.2, 0.25) is 0 Å². The lowest BCUT2D eigenvalue weighted by Gasteiger charge is -2.35. The lowest BCUT2D eigenvalue weighted by atomic mass is 9.68. The van der Waals surface area contributed by atoms with Gasteiger partial charge in [-0.3, -0.25) is 4.79 Å². The normalized spacial score (nSPS) is 43.7. The third-order valence-electron chi connectivity index (χ3n) is 3.71. The molecule has 0 aromatic carbocycles. The van der Waals surface area contributed by atoms with Gasteiger partial charge in [0.1, 0.15) is 6.10 Å². The van der Waals surface area contributed by atoms with Crippen LogP contribution in [0.4, 0.5) is 0 Å². The van der Waals surface area contributed by atoms with E-state index in [0.29, 0.717) is 0 Å². The van der Waals surface area contributed by atoms with Crippen molar-refractivity contribution in [3.8, 4) is 0 Å². The molecule has 3 heteroatoms. The number of aliphatic hydroxyl groups excluding tert-OH is 1. The molecular weight excluding hydrogens is 180 g/mol. The van der Waals surface area contributed by atoms with Gasteiger partial charge in [-0.25, -0.2) is 0 Å². The summed E-state index contributed by atoms with van der Waals surface area (Å²) in [6, 6.07) is 0. The topological polar surface area (TPSA) is 46.5 Å². The van der Waals surface area contributed by atoms with Crippen LogP contribution in [0.15, 0.2) is 0 Å². The van der Waals surface area contributed by atoms with E-state index in [1.807, 2.05) is 0 Å². The smallest absolute Gasteiger partial charge is 0.309 e. The Hall–Kier alpha value is -0.570. The third kappa shape index (κ3) is 1.65. The maximum atomic E-state index is 11.4. The molecule has 0 amide bonds. The van der Waals surface area contributed by atoms with Crippen LogP contribution in [-0.2, 0) is 9.53 Å². The molecule has 2 unspecified atom stereocenters. The van der Waals surface area contributed by atoms with Crippen LogP contribution in [-0.4, -0.2) is 24.3 Å². The zero-order valence-electron chi connectivity index (χ0n) is 8.61. The predicted octanol–water partition coefficient (Wildman–Crippen LogP) is 1.35. The Labute approximate surface area is 84.4 Å². The van der Waals surface area contributed by atoms with E-state index in [9.17, 15) is 4.79 Å². The fourth-order valence-electron chi connectivity index (χ4n) is 3.34. The zero-order chi connectivity index (χ0) is 10.1. The molecule has 3 nitrogen and oxygen atoms in total. The summed E-state index contributed by atoms with van der Waals surface area (Å²) in [6.07, 6.45) is 6.19. The lowest BCUT2D eigenvalue weighted by Crippen LogP contribution is -2.29. The summed E-state index contributed by atoms with van der Waals surface area (Å²) in [6.45, 7) is 0. The number of hydrogen-bond donors (Lipinski definition) is 1. The summed E-state index contributed by atoms with van der Waals surface area (Å²) in [7, 11) is 1.00. The molecule has 2 saturated heterocycles. The Morgan fingerprint density at radius 2 is 1.64 bits per heavy atom. The molecule has 2 atom stereocenters. The number of fused-ring (bicyclic) bond motifs is 1. The molecular formula is C11H18O3. The van der Waals surface area contributed by atoms with E-state index in [-0.39, 0.29) is 18.0 Å². The van der Waals surface area contributed by atoms with Crippen molar-refractivity contribution in [3.05, 3.63) is 0 Å². The largest absolute Gasteiger partial charge is 0.462 e. The molecule has 2 aliphatic heterocycles. The Morgan fingerprint density at radius 3 is 2.21 bits per heavy atom. The monoisotopic (exact) mass is 198 g/mol. The van der Waals surface area contributed by atoms with E-state index in [1.165, 1.54) is 6.42 Å². The number of carbonyl (C=O) groups is 1. The van der Waals surface area contributed by atoms with Crippen LogP contribution in [0.2, 0.25) is 0 Å². The van der Waals surface area contributed by atoms with Crippen LogP contribution in [0.3, 0.4) is 0 Å². The average molecular weight is 198 g/mol. The first kappa shape index (κ1) is 9.97. The van der Waals surface area contributed by atoms with Crippen molar-refractivity contribution < 1.29 is 14.6 Å². The maximum Gasteiger partial charge on any atom is 0.309 e. The second-order valence-electron chi connectivity index (χ2n) is 4.67. The molecule has 80 valence electrons. The molecule has 2 heterocycles. The van der Waals surface area contributed by atoms with Crippen molar-refractivity contribution in [3.63, 3.8) is 0 Å². The summed E-state index contributed by atoms with van der Waals surface area (Å²) in [5, 5.41) is 7.00. The van der Waals surface area contributed by atoms with Gasteiger partial charge in [0.05, 0.1) is 5.92 Å². The molecule has 1 N–H and O–H groups in total. The van der Waals surface area contributed by atoms with Gasteiger partial charge in [0, 0.05) is 7.11 Å². The Morgan fingerprint density at radius 1 is 1.07 bits per heavy atom. The van der Waals surface area contributed by atoms with E-state index in [1.54, 1.807) is 0 Å². The zero-order valence-corrected chi connectivity index (χ0v) is 8.61. The first-order chi connectivity index (χ1) is 6.81. The maximum absolute atomic E-state index is 11.4. The van der Waals surface area contributed by atoms with Crippen LogP contribution >= 0.6 is 0 Å². The first-order valence-corrected chi connectivity index (χ1v) is 5.46. The molecule has 14 heavy (non-hydrogen) atoms. The van der Waals surface area contributed by atoms with Crippen LogP contribution in [0.5, 0.6) is 0 Å². The summed E-state index contributed by atoms with van der Waals surface area (Å²) < 4.78 is 5.40. The van der Waals surface area contributed by atoms with Crippen molar-refractivity contribution in [1.29, 1.82) is 0 Å². The van der Waals surface area contributed by atoms with E-state index in [0.717, 1.165) is 44.6 Å². The highest BCUT2D eigenvalue weighted by Crippen LogP contribution is 2.46. The molecule has 2 saturated carbocycles. The minimum Gasteiger partial charge on any atom is -0.462 e. The van der Waals surface area contributed by atoms with Gasteiger partial charge >= 0.3 is 5.97 Å². The molecule has 4 aliphatic rings. The Balaban J connectivity index is 0.000000354. The summed E-state index contributed by atoms with van der Waals surface area (Å²) in [5.41, 5.74) is 0. The van der Waals surface area contributed by atoms with Crippen molar-refractivity contribution in [2.45, 2.75) is 38.2 Å². The van der Waals surface area contributed by atoms with Crippen LogP contribution in [0.25, 0.3) is 0 Å². The van der Waals surface area contributed by atoms with Gasteiger partial charge in [-0.05, 0) is 43.9 Å². The van der Waals surface area contributed by atoms with Crippen LogP contribution in [0, 0.1) is 17.8 Å². The number of carbonyl (C=O) groups excluding carboxylic acids is 1. The highest BCUT2D eigenvalue weighted by molar-refractivity contribution is 5.73. The molecule has 4 bridgehead atoms. The van der Waals surface area contributed by atoms with Gasteiger partial charge in [-0.2, -0.15) is 0 Å².